The summed E-state index contributed by atoms with van der Waals surface area (Å²) in [4.78, 5) is 10.9. The third-order valence-corrected chi connectivity index (χ3v) is 3.63. The van der Waals surface area contributed by atoms with E-state index in [9.17, 15) is 9.18 Å². The van der Waals surface area contributed by atoms with Crippen LogP contribution in [0, 0.1) is 5.82 Å². The molecule has 2 aromatic carbocycles. The molecule has 0 saturated carbocycles. The van der Waals surface area contributed by atoms with Gasteiger partial charge in [0.2, 0.25) is 5.91 Å². The molecule has 0 aliphatic rings. The summed E-state index contributed by atoms with van der Waals surface area (Å²) in [5.74, 6) is 0.477. The van der Waals surface area contributed by atoms with E-state index in [4.69, 9.17) is 9.47 Å². The van der Waals surface area contributed by atoms with Crippen molar-refractivity contribution >= 4 is 28.1 Å². The first-order valence-electron chi connectivity index (χ1n) is 7.62. The monoisotopic (exact) mass is 408 g/mol. The molecule has 0 saturated heterocycles. The second-order valence-corrected chi connectivity index (χ2v) is 5.96. The number of rotatable bonds is 7. The Kier molecular flexibility index (Phi) is 6.94. The maximum Gasteiger partial charge on any atom is 0.236 e. The largest absolute Gasteiger partial charge is 0.490 e. The first-order valence-corrected chi connectivity index (χ1v) is 8.42. The fourth-order valence-corrected chi connectivity index (χ4v) is 2.62. The van der Waals surface area contributed by atoms with Gasteiger partial charge in [0.15, 0.2) is 11.5 Å². The molecule has 0 aliphatic heterocycles. The predicted molar refractivity (Wildman–Crippen MR) is 97.5 cm³/mol. The van der Waals surface area contributed by atoms with Crippen molar-refractivity contribution in [3.8, 4) is 11.5 Å². The van der Waals surface area contributed by atoms with Gasteiger partial charge in [0.25, 0.3) is 0 Å². The standard InChI is InChI=1S/C18H18BrFN2O3/c1-3-24-17-9-14(10-21-22-12(2)23)8-16(19)18(17)25-11-13-5-4-6-15(20)7-13/h4-10H,3,11H2,1-2H3,(H,22,23)/b21-10-. The summed E-state index contributed by atoms with van der Waals surface area (Å²) in [5, 5.41) is 3.83. The minimum atomic E-state index is -0.310. The molecular weight excluding hydrogens is 391 g/mol. The molecule has 0 spiro atoms. The number of benzene rings is 2. The number of halogens is 2. The quantitative estimate of drug-likeness (QED) is 0.555. The zero-order valence-corrected chi connectivity index (χ0v) is 15.5. The number of carbonyl (C=O) groups excluding carboxylic acids is 1. The SMILES string of the molecule is CCOc1cc(/C=N\NC(C)=O)cc(Br)c1OCc1cccc(F)c1. The van der Waals surface area contributed by atoms with Crippen molar-refractivity contribution in [2.45, 2.75) is 20.5 Å². The number of nitrogens with zero attached hydrogens (tertiary/aromatic N) is 1. The van der Waals surface area contributed by atoms with Crippen molar-refractivity contribution in [1.29, 1.82) is 0 Å². The summed E-state index contributed by atoms with van der Waals surface area (Å²) in [6.07, 6.45) is 1.50. The molecule has 132 valence electrons. The number of nitrogens with one attached hydrogen (secondary N) is 1. The smallest absolute Gasteiger partial charge is 0.236 e. The Morgan fingerprint density at radius 3 is 2.80 bits per heavy atom. The Balaban J connectivity index is 2.21. The molecule has 1 N–H and O–H groups in total. The second-order valence-electron chi connectivity index (χ2n) is 5.11. The molecule has 0 fully saturated rings. The lowest BCUT2D eigenvalue weighted by atomic mass is 10.2. The number of carbonyl (C=O) groups is 1. The molecule has 0 aromatic heterocycles. The second kappa shape index (κ2) is 9.17. The molecular formula is C18H18BrFN2O3. The summed E-state index contributed by atoms with van der Waals surface area (Å²) >= 11 is 3.45. The molecule has 0 unspecified atom stereocenters. The molecule has 7 heteroatoms. The van der Waals surface area contributed by atoms with Crippen molar-refractivity contribution in [3.05, 3.63) is 57.8 Å². The van der Waals surface area contributed by atoms with Gasteiger partial charge in [-0.25, -0.2) is 9.82 Å². The van der Waals surface area contributed by atoms with Gasteiger partial charge in [-0.1, -0.05) is 12.1 Å². The summed E-state index contributed by atoms with van der Waals surface area (Å²) in [6, 6.07) is 9.76. The highest BCUT2D eigenvalue weighted by Gasteiger charge is 2.12. The van der Waals surface area contributed by atoms with Crippen molar-refractivity contribution < 1.29 is 18.7 Å². The van der Waals surface area contributed by atoms with Crippen LogP contribution in [0.15, 0.2) is 46.0 Å². The van der Waals surface area contributed by atoms with Crippen molar-refractivity contribution in [3.63, 3.8) is 0 Å². The van der Waals surface area contributed by atoms with Gasteiger partial charge in [0.05, 0.1) is 17.3 Å². The van der Waals surface area contributed by atoms with Gasteiger partial charge in [0.1, 0.15) is 12.4 Å². The molecule has 2 rings (SSSR count). The zero-order chi connectivity index (χ0) is 18.2. The maximum atomic E-state index is 13.3. The number of amides is 1. The van der Waals surface area contributed by atoms with Crippen LogP contribution in [-0.4, -0.2) is 18.7 Å². The van der Waals surface area contributed by atoms with Crippen LogP contribution in [0.5, 0.6) is 11.5 Å². The van der Waals surface area contributed by atoms with Crippen LogP contribution in [0.25, 0.3) is 0 Å². The van der Waals surface area contributed by atoms with Gasteiger partial charge in [-0.05, 0) is 58.2 Å². The van der Waals surface area contributed by atoms with E-state index in [-0.39, 0.29) is 18.3 Å². The van der Waals surface area contributed by atoms with Gasteiger partial charge in [0, 0.05) is 6.92 Å². The topological polar surface area (TPSA) is 59.9 Å². The molecule has 2 aromatic rings. The summed E-state index contributed by atoms with van der Waals surface area (Å²) < 4.78 is 25.4. The van der Waals surface area contributed by atoms with E-state index in [0.717, 1.165) is 5.56 Å². The van der Waals surface area contributed by atoms with Gasteiger partial charge in [-0.15, -0.1) is 0 Å². The predicted octanol–water partition coefficient (Wildman–Crippen LogP) is 4.04. The van der Waals surface area contributed by atoms with E-state index in [0.29, 0.717) is 28.1 Å². The van der Waals surface area contributed by atoms with Crippen molar-refractivity contribution in [2.75, 3.05) is 6.61 Å². The fraction of sp³-hybridized carbons (Fsp3) is 0.222. The zero-order valence-electron chi connectivity index (χ0n) is 13.9. The summed E-state index contributed by atoms with van der Waals surface area (Å²) in [5.41, 5.74) is 3.78. The van der Waals surface area contributed by atoms with Crippen LogP contribution in [0.2, 0.25) is 0 Å². The van der Waals surface area contributed by atoms with Crippen molar-refractivity contribution in [2.24, 2.45) is 5.10 Å². The van der Waals surface area contributed by atoms with E-state index in [1.165, 1.54) is 25.3 Å². The van der Waals surface area contributed by atoms with Gasteiger partial charge in [-0.3, -0.25) is 4.79 Å². The average Bonchev–Trinajstić information content (AvgIpc) is 2.54. The van der Waals surface area contributed by atoms with Crippen LogP contribution in [0.4, 0.5) is 4.39 Å². The highest BCUT2D eigenvalue weighted by molar-refractivity contribution is 9.10. The maximum absolute atomic E-state index is 13.3. The van der Waals surface area contributed by atoms with Crippen molar-refractivity contribution in [1.82, 2.24) is 5.43 Å². The molecule has 25 heavy (non-hydrogen) atoms. The highest BCUT2D eigenvalue weighted by atomic mass is 79.9. The average molecular weight is 409 g/mol. The van der Waals surface area contributed by atoms with Crippen LogP contribution < -0.4 is 14.9 Å². The van der Waals surface area contributed by atoms with Gasteiger partial charge >= 0.3 is 0 Å². The molecule has 0 radical (unpaired) electrons. The third-order valence-electron chi connectivity index (χ3n) is 3.04. The molecule has 5 nitrogen and oxygen atoms in total. The Hall–Kier alpha value is -2.41. The number of hydrogen-bond acceptors (Lipinski definition) is 4. The van der Waals surface area contributed by atoms with Gasteiger partial charge in [-0.2, -0.15) is 5.10 Å². The highest BCUT2D eigenvalue weighted by Crippen LogP contribution is 2.37. The molecule has 1 amide bonds. The summed E-state index contributed by atoms with van der Waals surface area (Å²) in [7, 11) is 0. The van der Waals surface area contributed by atoms with Crippen LogP contribution >= 0.6 is 15.9 Å². The Bertz CT molecular complexity index is 781. The third kappa shape index (κ3) is 5.86. The van der Waals surface area contributed by atoms with Crippen LogP contribution in [-0.2, 0) is 11.4 Å². The Labute approximate surface area is 154 Å². The van der Waals surface area contributed by atoms with Crippen LogP contribution in [0.1, 0.15) is 25.0 Å². The minimum absolute atomic E-state index is 0.204. The summed E-state index contributed by atoms with van der Waals surface area (Å²) in [6.45, 7) is 3.90. The fourth-order valence-electron chi connectivity index (χ4n) is 2.05. The first-order chi connectivity index (χ1) is 12.0. The molecule has 0 aliphatic carbocycles. The number of ether oxygens (including phenoxy) is 2. The normalized spacial score (nSPS) is 10.7. The molecule has 0 heterocycles. The van der Waals surface area contributed by atoms with Crippen LogP contribution in [0.3, 0.4) is 0 Å². The van der Waals surface area contributed by atoms with E-state index in [2.05, 4.69) is 26.5 Å². The van der Waals surface area contributed by atoms with E-state index >= 15 is 0 Å². The first kappa shape index (κ1) is 18.9. The lowest BCUT2D eigenvalue weighted by molar-refractivity contribution is -0.118. The van der Waals surface area contributed by atoms with E-state index in [1.54, 1.807) is 24.3 Å². The minimum Gasteiger partial charge on any atom is -0.490 e. The lowest BCUT2D eigenvalue weighted by Crippen LogP contribution is -2.12. The number of hydrogen-bond donors (Lipinski definition) is 1. The van der Waals surface area contributed by atoms with E-state index < -0.39 is 0 Å². The van der Waals surface area contributed by atoms with Gasteiger partial charge < -0.3 is 9.47 Å². The lowest BCUT2D eigenvalue weighted by Gasteiger charge is -2.14. The Morgan fingerprint density at radius 1 is 1.32 bits per heavy atom. The molecule has 0 bridgehead atoms. The molecule has 0 atom stereocenters. The van der Waals surface area contributed by atoms with E-state index in [1.807, 2.05) is 6.92 Å². The number of hydrazone groups is 1. The Morgan fingerprint density at radius 2 is 2.12 bits per heavy atom.